The third-order valence-corrected chi connectivity index (χ3v) is 4.76. The zero-order valence-corrected chi connectivity index (χ0v) is 16.7. The van der Waals surface area contributed by atoms with Crippen molar-refractivity contribution in [3.63, 3.8) is 0 Å². The second-order valence-corrected chi connectivity index (χ2v) is 7.15. The van der Waals surface area contributed by atoms with Gasteiger partial charge < -0.3 is 19.4 Å². The molecule has 0 saturated carbocycles. The Balaban J connectivity index is 1.34. The van der Waals surface area contributed by atoms with E-state index < -0.39 is 5.91 Å². The molecule has 0 spiro atoms. The Labute approximate surface area is 173 Å². The molecular weight excluding hydrogens is 384 g/mol. The number of carbonyl (C=O) groups excluding carboxylic acids is 2. The van der Waals surface area contributed by atoms with Crippen LogP contribution >= 0.6 is 0 Å². The maximum atomic E-state index is 12.2. The molecule has 0 saturated heterocycles. The number of para-hydroxylation sites is 1. The molecule has 0 fully saturated rings. The zero-order valence-electron chi connectivity index (χ0n) is 16.7. The maximum Gasteiger partial charge on any atom is 0.259 e. The fourth-order valence-electron chi connectivity index (χ4n) is 3.28. The highest BCUT2D eigenvalue weighted by molar-refractivity contribution is 6.00. The summed E-state index contributed by atoms with van der Waals surface area (Å²) >= 11 is 0. The number of ether oxygens (including phenoxy) is 2. The van der Waals surface area contributed by atoms with Crippen LogP contribution in [0.4, 0.5) is 0 Å². The van der Waals surface area contributed by atoms with Gasteiger partial charge in [0.2, 0.25) is 6.79 Å². The van der Waals surface area contributed by atoms with Gasteiger partial charge in [0.15, 0.2) is 11.5 Å². The van der Waals surface area contributed by atoms with Crippen molar-refractivity contribution >= 4 is 28.9 Å². The van der Waals surface area contributed by atoms with Crippen molar-refractivity contribution in [1.29, 1.82) is 0 Å². The number of hydrazone groups is 1. The number of carbonyl (C=O) groups is 2. The Bertz CT molecular complexity index is 1130. The van der Waals surface area contributed by atoms with E-state index in [9.17, 15) is 9.59 Å². The number of nitrogens with zero attached hydrogens (tertiary/aromatic N) is 2. The lowest BCUT2D eigenvalue weighted by atomic mass is 10.2. The van der Waals surface area contributed by atoms with Crippen molar-refractivity contribution in [3.8, 4) is 11.5 Å². The number of amides is 2. The van der Waals surface area contributed by atoms with E-state index in [2.05, 4.69) is 40.3 Å². The van der Waals surface area contributed by atoms with Crippen LogP contribution in [0, 0.1) is 0 Å². The molecule has 0 unspecified atom stereocenters. The largest absolute Gasteiger partial charge is 0.454 e. The number of rotatable bonds is 6. The van der Waals surface area contributed by atoms with Gasteiger partial charge >= 0.3 is 0 Å². The third kappa shape index (κ3) is 3.98. The standard InChI is InChI=1S/C22H22N4O4/c1-14(2)26-12-16(17-5-3-4-6-18(17)26)10-24-25-21(27)11-23-22(28)15-7-8-19-20(9-15)30-13-29-19/h3-10,12,14H,11,13H2,1-2H3,(H,23,28)(H,25,27)/b24-10-. The van der Waals surface area contributed by atoms with Gasteiger partial charge in [-0.1, -0.05) is 18.2 Å². The molecule has 2 aromatic carbocycles. The van der Waals surface area contributed by atoms with E-state index in [-0.39, 0.29) is 19.2 Å². The second-order valence-electron chi connectivity index (χ2n) is 7.15. The van der Waals surface area contributed by atoms with Gasteiger partial charge in [-0.15, -0.1) is 0 Å². The minimum absolute atomic E-state index is 0.136. The van der Waals surface area contributed by atoms with E-state index in [0.29, 0.717) is 23.1 Å². The van der Waals surface area contributed by atoms with E-state index >= 15 is 0 Å². The van der Waals surface area contributed by atoms with E-state index in [0.717, 1.165) is 16.5 Å². The smallest absolute Gasteiger partial charge is 0.259 e. The zero-order chi connectivity index (χ0) is 21.1. The number of nitrogens with one attached hydrogen (secondary N) is 2. The summed E-state index contributed by atoms with van der Waals surface area (Å²) in [6, 6.07) is 13.2. The summed E-state index contributed by atoms with van der Waals surface area (Å²) in [5.74, 6) is 0.301. The predicted octanol–water partition coefficient (Wildman–Crippen LogP) is 2.83. The minimum Gasteiger partial charge on any atom is -0.454 e. The molecule has 2 N–H and O–H groups in total. The fraction of sp³-hybridized carbons (Fsp3) is 0.227. The Morgan fingerprint density at radius 2 is 1.97 bits per heavy atom. The summed E-state index contributed by atoms with van der Waals surface area (Å²) < 4.78 is 12.6. The van der Waals surface area contributed by atoms with Crippen molar-refractivity contribution in [2.24, 2.45) is 5.10 Å². The van der Waals surface area contributed by atoms with Crippen LogP contribution in [-0.2, 0) is 4.79 Å². The van der Waals surface area contributed by atoms with Crippen molar-refractivity contribution in [3.05, 3.63) is 59.8 Å². The van der Waals surface area contributed by atoms with Crippen molar-refractivity contribution in [2.45, 2.75) is 19.9 Å². The van der Waals surface area contributed by atoms with Crippen molar-refractivity contribution in [1.82, 2.24) is 15.3 Å². The van der Waals surface area contributed by atoms with Crippen LogP contribution in [0.25, 0.3) is 10.9 Å². The van der Waals surface area contributed by atoms with Crippen molar-refractivity contribution in [2.75, 3.05) is 13.3 Å². The number of hydrogen-bond acceptors (Lipinski definition) is 5. The average molecular weight is 406 g/mol. The number of fused-ring (bicyclic) bond motifs is 2. The molecule has 30 heavy (non-hydrogen) atoms. The van der Waals surface area contributed by atoms with Gasteiger partial charge in [0.25, 0.3) is 11.8 Å². The van der Waals surface area contributed by atoms with Crippen LogP contribution in [0.2, 0.25) is 0 Å². The topological polar surface area (TPSA) is 94.0 Å². The number of aromatic nitrogens is 1. The molecule has 1 aromatic heterocycles. The van der Waals surface area contributed by atoms with Crippen LogP contribution in [0.1, 0.15) is 35.8 Å². The van der Waals surface area contributed by atoms with Crippen molar-refractivity contribution < 1.29 is 19.1 Å². The van der Waals surface area contributed by atoms with Gasteiger partial charge in [0, 0.05) is 34.3 Å². The Morgan fingerprint density at radius 1 is 1.17 bits per heavy atom. The van der Waals surface area contributed by atoms with E-state index in [1.54, 1.807) is 24.4 Å². The van der Waals surface area contributed by atoms with E-state index in [1.807, 2.05) is 24.4 Å². The molecule has 154 valence electrons. The Kier molecular flexibility index (Phi) is 5.38. The summed E-state index contributed by atoms with van der Waals surface area (Å²) in [5, 5.41) is 7.65. The van der Waals surface area contributed by atoms with Gasteiger partial charge in [-0.05, 0) is 38.1 Å². The first-order valence-corrected chi connectivity index (χ1v) is 9.62. The summed E-state index contributed by atoms with van der Waals surface area (Å²) in [5.41, 5.74) is 4.84. The first kappa shape index (κ1) is 19.5. The minimum atomic E-state index is -0.423. The van der Waals surface area contributed by atoms with Crippen LogP contribution in [0.15, 0.2) is 53.8 Å². The molecule has 3 aromatic rings. The lowest BCUT2D eigenvalue weighted by molar-refractivity contribution is -0.120. The van der Waals surface area contributed by atoms with Gasteiger partial charge in [-0.25, -0.2) is 5.43 Å². The summed E-state index contributed by atoms with van der Waals surface area (Å²) in [6.07, 6.45) is 3.62. The normalized spacial score (nSPS) is 12.6. The molecule has 0 bridgehead atoms. The molecule has 1 aliphatic heterocycles. The third-order valence-electron chi connectivity index (χ3n) is 4.76. The Morgan fingerprint density at radius 3 is 2.80 bits per heavy atom. The number of benzene rings is 2. The first-order chi connectivity index (χ1) is 14.5. The molecule has 2 heterocycles. The second kappa shape index (κ2) is 8.28. The van der Waals surface area contributed by atoms with E-state index in [4.69, 9.17) is 9.47 Å². The monoisotopic (exact) mass is 406 g/mol. The molecule has 2 amide bonds. The Hall–Kier alpha value is -3.81. The SMILES string of the molecule is CC(C)n1cc(/C=N\NC(=O)CNC(=O)c2ccc3c(c2)OCO3)c2ccccc21. The molecule has 0 aliphatic carbocycles. The van der Waals surface area contributed by atoms with Gasteiger partial charge in [-0.3, -0.25) is 9.59 Å². The molecule has 1 aliphatic rings. The summed E-state index contributed by atoms with van der Waals surface area (Å²) in [4.78, 5) is 24.3. The maximum absolute atomic E-state index is 12.2. The lowest BCUT2D eigenvalue weighted by Gasteiger charge is -2.08. The molecule has 8 heteroatoms. The fourth-order valence-corrected chi connectivity index (χ4v) is 3.28. The highest BCUT2D eigenvalue weighted by Crippen LogP contribution is 2.32. The molecular formula is C22H22N4O4. The van der Waals surface area contributed by atoms with E-state index in [1.165, 1.54) is 0 Å². The van der Waals surface area contributed by atoms with Crippen LogP contribution < -0.4 is 20.2 Å². The van der Waals surface area contributed by atoms with Gasteiger partial charge in [0.1, 0.15) is 0 Å². The van der Waals surface area contributed by atoms with Gasteiger partial charge in [-0.2, -0.15) is 5.10 Å². The van der Waals surface area contributed by atoms with Crippen LogP contribution in [0.5, 0.6) is 11.5 Å². The van der Waals surface area contributed by atoms with Crippen LogP contribution in [-0.4, -0.2) is 35.9 Å². The average Bonchev–Trinajstić information content (AvgIpc) is 3.36. The molecule has 0 radical (unpaired) electrons. The highest BCUT2D eigenvalue weighted by atomic mass is 16.7. The quantitative estimate of drug-likeness (QED) is 0.486. The molecule has 4 rings (SSSR count). The lowest BCUT2D eigenvalue weighted by Crippen LogP contribution is -2.34. The summed E-state index contributed by atoms with van der Waals surface area (Å²) in [6.45, 7) is 4.16. The molecule has 8 nitrogen and oxygen atoms in total. The van der Waals surface area contributed by atoms with Crippen LogP contribution in [0.3, 0.4) is 0 Å². The number of hydrogen-bond donors (Lipinski definition) is 2. The summed E-state index contributed by atoms with van der Waals surface area (Å²) in [7, 11) is 0. The first-order valence-electron chi connectivity index (χ1n) is 9.62. The predicted molar refractivity (Wildman–Crippen MR) is 113 cm³/mol. The highest BCUT2D eigenvalue weighted by Gasteiger charge is 2.16. The molecule has 0 atom stereocenters. The van der Waals surface area contributed by atoms with Gasteiger partial charge in [0.05, 0.1) is 12.8 Å².